The van der Waals surface area contributed by atoms with Gasteiger partial charge in [0.05, 0.1) is 17.6 Å². The number of rotatable bonds is 1. The SMILES string of the molecule is CC(=O)N1CCN(c2ncc3c(n2)-c2cccnc2Nc2cnccc2-3)CC1. The van der Waals surface area contributed by atoms with Gasteiger partial charge in [-0.1, -0.05) is 0 Å². The van der Waals surface area contributed by atoms with Gasteiger partial charge in [0.1, 0.15) is 5.82 Å². The zero-order valence-electron chi connectivity index (χ0n) is 15.5. The molecule has 5 rings (SSSR count). The van der Waals surface area contributed by atoms with Gasteiger partial charge in [-0.3, -0.25) is 9.78 Å². The summed E-state index contributed by atoms with van der Waals surface area (Å²) in [6.07, 6.45) is 7.19. The van der Waals surface area contributed by atoms with Gasteiger partial charge in [0.2, 0.25) is 11.9 Å². The van der Waals surface area contributed by atoms with E-state index in [4.69, 9.17) is 4.98 Å². The number of hydrogen-bond donors (Lipinski definition) is 1. The number of nitrogens with one attached hydrogen (secondary N) is 1. The van der Waals surface area contributed by atoms with Crippen LogP contribution in [0.1, 0.15) is 6.92 Å². The van der Waals surface area contributed by atoms with Crippen molar-refractivity contribution in [2.45, 2.75) is 6.92 Å². The summed E-state index contributed by atoms with van der Waals surface area (Å²) in [4.78, 5) is 33.8. The zero-order valence-corrected chi connectivity index (χ0v) is 15.5. The molecule has 0 aromatic carbocycles. The second-order valence-electron chi connectivity index (χ2n) is 6.87. The molecule has 0 spiro atoms. The van der Waals surface area contributed by atoms with Crippen LogP contribution in [0.15, 0.2) is 43.0 Å². The van der Waals surface area contributed by atoms with Gasteiger partial charge in [0.25, 0.3) is 0 Å². The Kier molecular flexibility index (Phi) is 3.89. The van der Waals surface area contributed by atoms with Crippen molar-refractivity contribution in [2.75, 3.05) is 36.4 Å². The monoisotopic (exact) mass is 373 g/mol. The molecule has 0 aliphatic carbocycles. The number of anilines is 3. The van der Waals surface area contributed by atoms with Gasteiger partial charge in [0, 0.05) is 68.4 Å². The number of pyridine rings is 2. The predicted octanol–water partition coefficient (Wildman–Crippen LogP) is 2.33. The molecule has 3 aromatic heterocycles. The molecule has 0 bridgehead atoms. The molecule has 28 heavy (non-hydrogen) atoms. The Labute approximate surface area is 162 Å². The third-order valence-corrected chi connectivity index (χ3v) is 5.21. The van der Waals surface area contributed by atoms with Gasteiger partial charge in [-0.15, -0.1) is 0 Å². The third-order valence-electron chi connectivity index (χ3n) is 5.21. The molecule has 2 aliphatic heterocycles. The summed E-state index contributed by atoms with van der Waals surface area (Å²) in [5.41, 5.74) is 4.60. The fourth-order valence-electron chi connectivity index (χ4n) is 3.70. The van der Waals surface area contributed by atoms with Crippen molar-refractivity contribution < 1.29 is 4.79 Å². The van der Waals surface area contributed by atoms with Gasteiger partial charge in [-0.05, 0) is 18.2 Å². The molecule has 0 radical (unpaired) electrons. The van der Waals surface area contributed by atoms with Crippen LogP contribution in [0.5, 0.6) is 0 Å². The van der Waals surface area contributed by atoms with Crippen LogP contribution in [0, 0.1) is 0 Å². The van der Waals surface area contributed by atoms with Crippen LogP contribution in [0.3, 0.4) is 0 Å². The highest BCUT2D eigenvalue weighted by Gasteiger charge is 2.25. The molecule has 140 valence electrons. The van der Waals surface area contributed by atoms with Crippen LogP contribution in [0.2, 0.25) is 0 Å². The zero-order chi connectivity index (χ0) is 19.1. The molecule has 3 aromatic rings. The summed E-state index contributed by atoms with van der Waals surface area (Å²) in [6.45, 7) is 4.42. The lowest BCUT2D eigenvalue weighted by atomic mass is 10.0. The van der Waals surface area contributed by atoms with Crippen molar-refractivity contribution in [3.05, 3.63) is 43.0 Å². The van der Waals surface area contributed by atoms with Gasteiger partial charge >= 0.3 is 0 Å². The molecular formula is C20H19N7O. The Morgan fingerprint density at radius 1 is 1.00 bits per heavy atom. The van der Waals surface area contributed by atoms with Crippen molar-refractivity contribution in [2.24, 2.45) is 0 Å². The first-order chi connectivity index (χ1) is 13.7. The topological polar surface area (TPSA) is 87.1 Å². The summed E-state index contributed by atoms with van der Waals surface area (Å²) in [5.74, 6) is 1.54. The van der Waals surface area contributed by atoms with E-state index in [0.29, 0.717) is 19.0 Å². The van der Waals surface area contributed by atoms with Crippen molar-refractivity contribution in [3.63, 3.8) is 0 Å². The number of fused-ring (bicyclic) bond motifs is 5. The van der Waals surface area contributed by atoms with E-state index in [-0.39, 0.29) is 5.91 Å². The maximum atomic E-state index is 11.6. The number of carbonyl (C=O) groups excluding carboxylic acids is 1. The highest BCUT2D eigenvalue weighted by molar-refractivity contribution is 5.95. The third kappa shape index (κ3) is 2.74. The van der Waals surface area contributed by atoms with Crippen molar-refractivity contribution >= 4 is 23.4 Å². The van der Waals surface area contributed by atoms with E-state index in [1.807, 2.05) is 29.3 Å². The Morgan fingerprint density at radius 2 is 1.86 bits per heavy atom. The molecule has 8 nitrogen and oxygen atoms in total. The summed E-state index contributed by atoms with van der Waals surface area (Å²) >= 11 is 0. The maximum absolute atomic E-state index is 11.6. The van der Waals surface area contributed by atoms with E-state index >= 15 is 0 Å². The predicted molar refractivity (Wildman–Crippen MR) is 106 cm³/mol. The fourth-order valence-corrected chi connectivity index (χ4v) is 3.70. The van der Waals surface area contributed by atoms with Gasteiger partial charge in [0.15, 0.2) is 0 Å². The van der Waals surface area contributed by atoms with E-state index in [2.05, 4.69) is 25.2 Å². The Bertz CT molecular complexity index is 1060. The molecule has 8 heteroatoms. The quantitative estimate of drug-likeness (QED) is 0.548. The van der Waals surface area contributed by atoms with E-state index in [1.54, 1.807) is 25.5 Å². The van der Waals surface area contributed by atoms with Gasteiger partial charge in [-0.2, -0.15) is 0 Å². The van der Waals surface area contributed by atoms with E-state index in [1.165, 1.54) is 0 Å². The Hall–Kier alpha value is -3.55. The Morgan fingerprint density at radius 3 is 2.68 bits per heavy atom. The van der Waals surface area contributed by atoms with Crippen molar-refractivity contribution in [3.8, 4) is 22.4 Å². The lowest BCUT2D eigenvalue weighted by Crippen LogP contribution is -2.48. The molecule has 1 amide bonds. The molecule has 5 heterocycles. The highest BCUT2D eigenvalue weighted by atomic mass is 16.2. The van der Waals surface area contributed by atoms with Gasteiger partial charge < -0.3 is 15.1 Å². The summed E-state index contributed by atoms with van der Waals surface area (Å²) < 4.78 is 0. The second kappa shape index (κ2) is 6.56. The number of carbonyl (C=O) groups is 1. The van der Waals surface area contributed by atoms with Crippen LogP contribution >= 0.6 is 0 Å². The van der Waals surface area contributed by atoms with Crippen molar-refractivity contribution in [1.29, 1.82) is 0 Å². The molecule has 1 fully saturated rings. The lowest BCUT2D eigenvalue weighted by Gasteiger charge is -2.34. The van der Waals surface area contributed by atoms with E-state index < -0.39 is 0 Å². The summed E-state index contributed by atoms with van der Waals surface area (Å²) in [5, 5.41) is 3.37. The molecular weight excluding hydrogens is 354 g/mol. The van der Waals surface area contributed by atoms with Crippen LogP contribution < -0.4 is 10.2 Å². The molecule has 0 atom stereocenters. The molecule has 1 N–H and O–H groups in total. The van der Waals surface area contributed by atoms with E-state index in [9.17, 15) is 4.79 Å². The van der Waals surface area contributed by atoms with Crippen LogP contribution in [-0.4, -0.2) is 56.9 Å². The van der Waals surface area contributed by atoms with E-state index in [0.717, 1.165) is 47.0 Å². The second-order valence-corrected chi connectivity index (χ2v) is 6.87. The lowest BCUT2D eigenvalue weighted by molar-refractivity contribution is -0.129. The first kappa shape index (κ1) is 16.6. The number of aromatic nitrogens is 4. The molecule has 1 saturated heterocycles. The molecule has 0 unspecified atom stereocenters. The first-order valence-corrected chi connectivity index (χ1v) is 9.25. The first-order valence-electron chi connectivity index (χ1n) is 9.25. The minimum atomic E-state index is 0.110. The number of nitrogens with zero attached hydrogens (tertiary/aromatic N) is 6. The highest BCUT2D eigenvalue weighted by Crippen LogP contribution is 2.42. The Balaban J connectivity index is 1.59. The minimum absolute atomic E-state index is 0.110. The summed E-state index contributed by atoms with van der Waals surface area (Å²) in [6, 6.07) is 5.88. The number of piperazine rings is 1. The summed E-state index contributed by atoms with van der Waals surface area (Å²) in [7, 11) is 0. The van der Waals surface area contributed by atoms with Crippen molar-refractivity contribution in [1.82, 2.24) is 24.8 Å². The smallest absolute Gasteiger partial charge is 0.226 e. The van der Waals surface area contributed by atoms with Crippen LogP contribution in [0.25, 0.3) is 22.4 Å². The number of hydrogen-bond acceptors (Lipinski definition) is 7. The molecule has 0 saturated carbocycles. The average Bonchev–Trinajstić information content (AvgIpc) is 2.88. The maximum Gasteiger partial charge on any atom is 0.226 e. The largest absolute Gasteiger partial charge is 0.339 e. The number of amides is 1. The van der Waals surface area contributed by atoms with Gasteiger partial charge in [-0.25, -0.2) is 15.0 Å². The van der Waals surface area contributed by atoms with Crippen LogP contribution in [0.4, 0.5) is 17.5 Å². The fraction of sp³-hybridized carbons (Fsp3) is 0.250. The molecule has 2 aliphatic rings. The standard InChI is InChI=1S/C20H19N7O/c1-13(28)26-7-9-27(10-8-26)20-23-11-16-14-4-6-21-12-17(14)24-19-15(18(16)25-20)3-2-5-22-19/h2-6,11-12H,7-10H2,1H3,(H,22,24). The minimum Gasteiger partial charge on any atom is -0.339 e. The average molecular weight is 373 g/mol. The normalized spacial score (nSPS) is 15.0. The van der Waals surface area contributed by atoms with Crippen LogP contribution in [-0.2, 0) is 4.79 Å².